The number of fused-ring (bicyclic) bond motifs is 1. The number of aromatic carboxylic acids is 1. The molecule has 1 aliphatic heterocycles. The number of carboxylic acid groups (broad SMARTS) is 1. The summed E-state index contributed by atoms with van der Waals surface area (Å²) in [5, 5.41) is 11.4. The molecule has 0 radical (unpaired) electrons. The minimum Gasteiger partial charge on any atom is -0.478 e. The molecule has 0 saturated carbocycles. The lowest BCUT2D eigenvalue weighted by atomic mass is 10.2. The van der Waals surface area contributed by atoms with Crippen molar-refractivity contribution in [1.29, 1.82) is 0 Å². The van der Waals surface area contributed by atoms with Gasteiger partial charge in [-0.25, -0.2) is 4.79 Å². The molecule has 1 aromatic carbocycles. The van der Waals surface area contributed by atoms with Gasteiger partial charge in [-0.05, 0) is 17.7 Å². The highest BCUT2D eigenvalue weighted by Gasteiger charge is 2.16. The van der Waals surface area contributed by atoms with Gasteiger partial charge < -0.3 is 24.3 Å². The molecule has 1 aliphatic rings. The van der Waals surface area contributed by atoms with Gasteiger partial charge in [0.05, 0.1) is 5.56 Å². The molecular weight excluding hydrogens is 278 g/mol. The normalized spacial score (nSPS) is 12.2. The molecule has 108 valence electrons. The summed E-state index contributed by atoms with van der Waals surface area (Å²) in [4.78, 5) is 22.5. The van der Waals surface area contributed by atoms with Crippen LogP contribution in [0, 0.1) is 0 Å². The van der Waals surface area contributed by atoms with Crippen molar-refractivity contribution in [1.82, 2.24) is 5.32 Å². The first kappa shape index (κ1) is 13.0. The van der Waals surface area contributed by atoms with Crippen molar-refractivity contribution in [3.63, 3.8) is 0 Å². The average molecular weight is 289 g/mol. The summed E-state index contributed by atoms with van der Waals surface area (Å²) in [6.45, 7) is 0.452. The van der Waals surface area contributed by atoms with Crippen LogP contribution in [-0.2, 0) is 6.54 Å². The molecule has 0 spiro atoms. The minimum absolute atomic E-state index is 0.0480. The lowest BCUT2D eigenvalue weighted by Gasteiger charge is -2.04. The second kappa shape index (κ2) is 5.20. The Hall–Kier alpha value is -2.96. The molecule has 0 saturated heterocycles. The number of carbonyl (C=O) groups is 2. The monoisotopic (exact) mass is 289 g/mol. The van der Waals surface area contributed by atoms with Gasteiger partial charge in [-0.2, -0.15) is 0 Å². The van der Waals surface area contributed by atoms with Crippen molar-refractivity contribution < 1.29 is 28.6 Å². The lowest BCUT2D eigenvalue weighted by Crippen LogP contribution is -2.22. The first-order valence-corrected chi connectivity index (χ1v) is 6.12. The van der Waals surface area contributed by atoms with E-state index in [9.17, 15) is 9.59 Å². The molecule has 0 aliphatic carbocycles. The summed E-state index contributed by atoms with van der Waals surface area (Å²) < 4.78 is 15.3. The highest BCUT2D eigenvalue weighted by atomic mass is 16.7. The number of hydrogen-bond donors (Lipinski definition) is 2. The van der Waals surface area contributed by atoms with E-state index in [0.717, 1.165) is 11.8 Å². The fraction of sp³-hybridized carbons (Fsp3) is 0.143. The van der Waals surface area contributed by atoms with Crippen LogP contribution >= 0.6 is 0 Å². The van der Waals surface area contributed by atoms with Crippen molar-refractivity contribution in [3.8, 4) is 11.5 Å². The summed E-state index contributed by atoms with van der Waals surface area (Å²) in [7, 11) is 0. The van der Waals surface area contributed by atoms with E-state index in [4.69, 9.17) is 19.0 Å². The smallest absolute Gasteiger partial charge is 0.338 e. The van der Waals surface area contributed by atoms with Gasteiger partial charge in [0.2, 0.25) is 6.79 Å². The Morgan fingerprint density at radius 2 is 2.00 bits per heavy atom. The third-order valence-electron chi connectivity index (χ3n) is 2.96. The van der Waals surface area contributed by atoms with E-state index in [0.29, 0.717) is 11.5 Å². The second-order valence-electron chi connectivity index (χ2n) is 4.38. The number of hydrogen-bond acceptors (Lipinski definition) is 5. The van der Waals surface area contributed by atoms with Gasteiger partial charge in [-0.1, -0.05) is 6.07 Å². The largest absolute Gasteiger partial charge is 0.478 e. The number of rotatable bonds is 4. The number of amides is 1. The molecule has 2 N–H and O–H groups in total. The third-order valence-corrected chi connectivity index (χ3v) is 2.96. The predicted molar refractivity (Wildman–Crippen MR) is 69.4 cm³/mol. The van der Waals surface area contributed by atoms with Gasteiger partial charge in [0.25, 0.3) is 5.91 Å². The van der Waals surface area contributed by atoms with E-state index in [1.165, 1.54) is 6.07 Å². The van der Waals surface area contributed by atoms with E-state index in [2.05, 4.69) is 5.32 Å². The zero-order valence-electron chi connectivity index (χ0n) is 10.8. The Bertz CT molecular complexity index is 705. The SMILES string of the molecule is O=C(O)c1coc(C(=O)NCc2ccc3c(c2)OCO3)c1. The van der Waals surface area contributed by atoms with E-state index >= 15 is 0 Å². The van der Waals surface area contributed by atoms with Crippen LogP contribution < -0.4 is 14.8 Å². The number of nitrogens with one attached hydrogen (secondary N) is 1. The number of carbonyl (C=O) groups excluding carboxylic acids is 1. The van der Waals surface area contributed by atoms with E-state index < -0.39 is 11.9 Å². The molecule has 1 amide bonds. The molecule has 0 bridgehead atoms. The van der Waals surface area contributed by atoms with E-state index in [1.54, 1.807) is 18.2 Å². The number of furan rings is 1. The topological polar surface area (TPSA) is 98.0 Å². The van der Waals surface area contributed by atoms with Gasteiger partial charge in [0.15, 0.2) is 17.3 Å². The van der Waals surface area contributed by atoms with Crippen molar-refractivity contribution in [3.05, 3.63) is 47.4 Å². The molecule has 3 rings (SSSR count). The molecule has 2 heterocycles. The van der Waals surface area contributed by atoms with Crippen molar-refractivity contribution in [2.24, 2.45) is 0 Å². The Morgan fingerprint density at radius 1 is 1.19 bits per heavy atom. The van der Waals surface area contributed by atoms with E-state index in [-0.39, 0.29) is 24.7 Å². The molecular formula is C14H11NO6. The quantitative estimate of drug-likeness (QED) is 0.887. The lowest BCUT2D eigenvalue weighted by molar-refractivity contribution is 0.0695. The third kappa shape index (κ3) is 2.66. The van der Waals surface area contributed by atoms with Crippen molar-refractivity contribution in [2.45, 2.75) is 6.54 Å². The average Bonchev–Trinajstić information content (AvgIpc) is 3.12. The number of carboxylic acids is 1. The maximum absolute atomic E-state index is 11.8. The van der Waals surface area contributed by atoms with E-state index in [1.807, 2.05) is 0 Å². The van der Waals surface area contributed by atoms with Crippen LogP contribution in [-0.4, -0.2) is 23.8 Å². The summed E-state index contributed by atoms with van der Waals surface area (Å²) in [6, 6.07) is 6.52. The van der Waals surface area contributed by atoms with Gasteiger partial charge >= 0.3 is 5.97 Å². The first-order chi connectivity index (χ1) is 10.1. The minimum atomic E-state index is -1.14. The number of ether oxygens (including phenoxy) is 2. The van der Waals surface area contributed by atoms with Gasteiger partial charge in [-0.15, -0.1) is 0 Å². The fourth-order valence-electron chi connectivity index (χ4n) is 1.89. The molecule has 2 aromatic rings. The fourth-order valence-corrected chi connectivity index (χ4v) is 1.89. The molecule has 0 atom stereocenters. The van der Waals surface area contributed by atoms with Gasteiger partial charge in [0, 0.05) is 12.6 Å². The Balaban J connectivity index is 1.64. The van der Waals surface area contributed by atoms with Crippen molar-refractivity contribution >= 4 is 11.9 Å². The second-order valence-corrected chi connectivity index (χ2v) is 4.38. The van der Waals surface area contributed by atoms with Crippen LogP contribution in [0.2, 0.25) is 0 Å². The summed E-state index contributed by atoms with van der Waals surface area (Å²) in [5.74, 6) is -0.378. The summed E-state index contributed by atoms with van der Waals surface area (Å²) in [6.07, 6.45) is 1.03. The predicted octanol–water partition coefficient (Wildman–Crippen LogP) is 1.64. The summed E-state index contributed by atoms with van der Waals surface area (Å²) in [5.41, 5.74) is 0.765. The molecule has 21 heavy (non-hydrogen) atoms. The maximum atomic E-state index is 11.8. The van der Waals surface area contributed by atoms with Gasteiger partial charge in [-0.3, -0.25) is 4.79 Å². The molecule has 7 nitrogen and oxygen atoms in total. The Kier molecular flexibility index (Phi) is 3.23. The zero-order chi connectivity index (χ0) is 14.8. The van der Waals surface area contributed by atoms with Crippen LogP contribution in [0.3, 0.4) is 0 Å². The van der Waals surface area contributed by atoms with Gasteiger partial charge in [0.1, 0.15) is 6.26 Å². The summed E-state index contributed by atoms with van der Waals surface area (Å²) >= 11 is 0. The van der Waals surface area contributed by atoms with Crippen LogP contribution in [0.25, 0.3) is 0 Å². The van der Waals surface area contributed by atoms with Crippen LogP contribution in [0.1, 0.15) is 26.5 Å². The molecule has 1 aromatic heterocycles. The van der Waals surface area contributed by atoms with Crippen LogP contribution in [0.5, 0.6) is 11.5 Å². The standard InChI is InChI=1S/C14H11NO6/c16-13(12-4-9(6-19-12)14(17)18)15-5-8-1-2-10-11(3-8)21-7-20-10/h1-4,6H,5,7H2,(H,15,16)(H,17,18). The van der Waals surface area contributed by atoms with Crippen molar-refractivity contribution in [2.75, 3.05) is 6.79 Å². The highest BCUT2D eigenvalue weighted by Crippen LogP contribution is 2.32. The molecule has 0 fully saturated rings. The Morgan fingerprint density at radius 3 is 2.76 bits per heavy atom. The Labute approximate surface area is 119 Å². The highest BCUT2D eigenvalue weighted by molar-refractivity contribution is 5.95. The molecule has 0 unspecified atom stereocenters. The maximum Gasteiger partial charge on any atom is 0.338 e. The van der Waals surface area contributed by atoms with Crippen LogP contribution in [0.15, 0.2) is 34.9 Å². The van der Waals surface area contributed by atoms with Crippen LogP contribution in [0.4, 0.5) is 0 Å². The number of benzene rings is 1. The molecule has 7 heteroatoms. The zero-order valence-corrected chi connectivity index (χ0v) is 10.8. The first-order valence-electron chi connectivity index (χ1n) is 6.12.